The summed E-state index contributed by atoms with van der Waals surface area (Å²) in [5.74, 6) is -5.43. The summed E-state index contributed by atoms with van der Waals surface area (Å²) in [5.41, 5.74) is 6.70. The van der Waals surface area contributed by atoms with Crippen LogP contribution in [0.5, 0.6) is 0 Å². The third-order valence-corrected chi connectivity index (χ3v) is 11.6. The molecule has 0 bridgehead atoms. The minimum atomic E-state index is -1.21. The lowest BCUT2D eigenvalue weighted by molar-refractivity contribution is -0.142. The van der Waals surface area contributed by atoms with Crippen LogP contribution in [0.4, 0.5) is 0 Å². The Bertz CT molecular complexity index is 1640. The van der Waals surface area contributed by atoms with Gasteiger partial charge in [-0.3, -0.25) is 33.6 Å². The summed E-state index contributed by atoms with van der Waals surface area (Å²) in [6.45, 7) is 3.05. The van der Waals surface area contributed by atoms with Crippen LogP contribution < -0.4 is 32.3 Å². The topological polar surface area (TPSA) is 329 Å². The van der Waals surface area contributed by atoms with Gasteiger partial charge in [0, 0.05) is 64.6 Å². The minimum Gasteiger partial charge on any atom is -0.480 e. The number of aliphatic carboxylic acids is 2. The van der Waals surface area contributed by atoms with Crippen LogP contribution in [0, 0.1) is 5.92 Å². The number of aromatic nitrogens is 2. The Balaban J connectivity index is 0.0000518. The molecule has 0 aromatic carbocycles. The van der Waals surface area contributed by atoms with Crippen molar-refractivity contribution in [1.82, 2.24) is 36.6 Å². The first-order valence-corrected chi connectivity index (χ1v) is 26.2. The summed E-state index contributed by atoms with van der Waals surface area (Å²) in [5, 5.41) is 31.4. The van der Waals surface area contributed by atoms with Gasteiger partial charge in [0.25, 0.3) is 0 Å². The van der Waals surface area contributed by atoms with Gasteiger partial charge in [-0.25, -0.2) is 9.78 Å². The van der Waals surface area contributed by atoms with Crippen LogP contribution in [0.15, 0.2) is 12.5 Å². The molecule has 0 saturated heterocycles. The fourth-order valence-electron chi connectivity index (χ4n) is 7.46. The summed E-state index contributed by atoms with van der Waals surface area (Å²) in [7, 11) is 0. The van der Waals surface area contributed by atoms with Crippen molar-refractivity contribution < 1.29 is 68.9 Å². The molecule has 22 nitrogen and oxygen atoms in total. The van der Waals surface area contributed by atoms with E-state index in [0.717, 1.165) is 19.3 Å². The molecular weight excluding hydrogens is 937 g/mol. The highest BCUT2D eigenvalue weighted by Gasteiger charge is 2.26. The van der Waals surface area contributed by atoms with E-state index < -0.39 is 42.4 Å². The van der Waals surface area contributed by atoms with Gasteiger partial charge in [0.2, 0.25) is 29.5 Å². The smallest absolute Gasteiger partial charge is 0.326 e. The summed E-state index contributed by atoms with van der Waals surface area (Å²) in [6.07, 6.45) is 22.9. The van der Waals surface area contributed by atoms with Crippen LogP contribution in [0.3, 0.4) is 0 Å². The Morgan fingerprint density at radius 2 is 1.14 bits per heavy atom. The van der Waals surface area contributed by atoms with Gasteiger partial charge in [-0.05, 0) is 25.7 Å². The highest BCUT2D eigenvalue weighted by molar-refractivity contribution is 5.90. The number of ether oxygens (including phenoxy) is 4. The first-order valence-electron chi connectivity index (χ1n) is 26.2. The molecular formula is C50H90N8O14. The summed E-state index contributed by atoms with van der Waals surface area (Å²) in [4.78, 5) is 104. The molecule has 0 aliphatic heterocycles. The standard InChI is InChI=1S/C50H88N8O14.H2/c1-2-3-4-5-6-7-8-9-10-11-12-13-14-15-16-20-45(61)58-42(50(67)68)21-22-44(60)54-24-26-69-28-31-72-37-47(63)55-25-27-70-29-30-71-36-46(62)53-23-18-17-19-39(49(66)56-35-48(64)65)32-43(59)41(51)33-40-34-52-38-57-40;/h34,38-39,41-42H,2-33,35-37,51H2,1H3,(H,52,57)(H,53,62)(H,54,60)(H,55,63)(H,56,66)(H,58,61)(H,64,65)(H,67,68);1H/t39-,41+,42+;/m1./s1. The Labute approximate surface area is 427 Å². The molecule has 5 amide bonds. The monoisotopic (exact) mass is 1030 g/mol. The van der Waals surface area contributed by atoms with E-state index in [-0.39, 0.29) is 135 Å². The van der Waals surface area contributed by atoms with Crippen LogP contribution in [-0.2, 0) is 63.7 Å². The zero-order valence-electron chi connectivity index (χ0n) is 43.0. The molecule has 414 valence electrons. The molecule has 0 aliphatic carbocycles. The molecule has 1 aromatic rings. The van der Waals surface area contributed by atoms with E-state index in [2.05, 4.69) is 43.5 Å². The van der Waals surface area contributed by atoms with E-state index in [0.29, 0.717) is 31.5 Å². The summed E-state index contributed by atoms with van der Waals surface area (Å²) < 4.78 is 21.4. The maximum Gasteiger partial charge on any atom is 0.326 e. The number of carbonyl (C=O) groups excluding carboxylic acids is 6. The second-order valence-corrected chi connectivity index (χ2v) is 17.9. The average molecular weight is 1030 g/mol. The Hall–Kier alpha value is -5.03. The van der Waals surface area contributed by atoms with Gasteiger partial charge in [-0.1, -0.05) is 103 Å². The normalized spacial score (nSPS) is 12.4. The quantitative estimate of drug-likeness (QED) is 0.0422. The van der Waals surface area contributed by atoms with E-state index in [1.54, 1.807) is 6.20 Å². The predicted octanol–water partition coefficient (Wildman–Crippen LogP) is 3.50. The SMILES string of the molecule is CCCCCCCCCCCCCCCCCC(=O)N[C@@H](CCC(=O)NCCOCCOCC(=O)NCCOCCOCC(=O)NCCCC[C@H](CC(=O)[C@@H](N)Cc1cnc[nH]1)C(=O)NCC(=O)O)C(=O)O.[HH]. The molecule has 0 saturated carbocycles. The van der Waals surface area contributed by atoms with Crippen LogP contribution in [0.2, 0.25) is 0 Å². The lowest BCUT2D eigenvalue weighted by atomic mass is 9.91. The van der Waals surface area contributed by atoms with E-state index in [9.17, 15) is 43.5 Å². The van der Waals surface area contributed by atoms with Crippen molar-refractivity contribution in [2.75, 3.05) is 79.0 Å². The molecule has 1 heterocycles. The molecule has 0 radical (unpaired) electrons. The Morgan fingerprint density at radius 1 is 0.611 bits per heavy atom. The van der Waals surface area contributed by atoms with E-state index >= 15 is 0 Å². The Morgan fingerprint density at radius 3 is 1.67 bits per heavy atom. The third kappa shape index (κ3) is 38.6. The van der Waals surface area contributed by atoms with Crippen molar-refractivity contribution in [3.05, 3.63) is 18.2 Å². The molecule has 22 heteroatoms. The zero-order valence-corrected chi connectivity index (χ0v) is 43.0. The number of rotatable bonds is 50. The van der Waals surface area contributed by atoms with E-state index in [4.69, 9.17) is 29.8 Å². The number of nitrogens with two attached hydrogens (primary N) is 1. The third-order valence-electron chi connectivity index (χ3n) is 11.6. The van der Waals surface area contributed by atoms with Gasteiger partial charge in [-0.15, -0.1) is 0 Å². The lowest BCUT2D eigenvalue weighted by Gasteiger charge is -2.18. The maximum absolute atomic E-state index is 12.7. The van der Waals surface area contributed by atoms with E-state index in [1.807, 2.05) is 0 Å². The van der Waals surface area contributed by atoms with Gasteiger partial charge in [0.1, 0.15) is 25.8 Å². The second kappa shape index (κ2) is 44.7. The van der Waals surface area contributed by atoms with Crippen LogP contribution in [0.1, 0.15) is 155 Å². The molecule has 0 fully saturated rings. The first-order chi connectivity index (χ1) is 34.8. The highest BCUT2D eigenvalue weighted by Crippen LogP contribution is 2.17. The fraction of sp³-hybridized carbons (Fsp3) is 0.780. The number of hydrogen-bond acceptors (Lipinski definition) is 14. The number of ketones is 1. The van der Waals surface area contributed by atoms with Gasteiger partial charge >= 0.3 is 11.9 Å². The molecule has 10 N–H and O–H groups in total. The minimum absolute atomic E-state index is 0. The second-order valence-electron chi connectivity index (χ2n) is 17.9. The largest absolute Gasteiger partial charge is 0.480 e. The fourth-order valence-corrected chi connectivity index (χ4v) is 7.46. The van der Waals surface area contributed by atoms with Crippen molar-refractivity contribution >= 4 is 47.3 Å². The Kier molecular flexibility index (Phi) is 40.3. The van der Waals surface area contributed by atoms with Crippen LogP contribution >= 0.6 is 0 Å². The number of aromatic amines is 1. The number of carboxylic acids is 2. The number of hydrogen-bond donors (Lipinski definition) is 9. The summed E-state index contributed by atoms with van der Waals surface area (Å²) >= 11 is 0. The molecule has 1 rings (SSSR count). The average Bonchev–Trinajstić information content (AvgIpc) is 3.87. The van der Waals surface area contributed by atoms with Gasteiger partial charge < -0.3 is 66.5 Å². The van der Waals surface area contributed by atoms with Crippen molar-refractivity contribution in [1.29, 1.82) is 0 Å². The molecule has 0 unspecified atom stereocenters. The van der Waals surface area contributed by atoms with E-state index in [1.165, 1.54) is 77.0 Å². The van der Waals surface area contributed by atoms with Gasteiger partial charge in [0.15, 0.2) is 5.78 Å². The molecule has 0 spiro atoms. The predicted molar refractivity (Wildman–Crippen MR) is 271 cm³/mol. The molecule has 0 aliphatic rings. The van der Waals surface area contributed by atoms with Crippen molar-refractivity contribution in [3.8, 4) is 0 Å². The number of carbonyl (C=O) groups is 8. The number of nitrogens with zero attached hydrogens (tertiary/aromatic N) is 1. The first kappa shape index (κ1) is 65.0. The number of imidazole rings is 1. The van der Waals surface area contributed by atoms with Crippen LogP contribution in [0.25, 0.3) is 0 Å². The number of H-pyrrole nitrogens is 1. The molecule has 72 heavy (non-hydrogen) atoms. The van der Waals surface area contributed by atoms with Crippen molar-refractivity contribution in [2.24, 2.45) is 11.7 Å². The van der Waals surface area contributed by atoms with Crippen molar-refractivity contribution in [2.45, 2.75) is 167 Å². The molecule has 1 aromatic heterocycles. The van der Waals surface area contributed by atoms with Gasteiger partial charge in [0.05, 0.1) is 52.0 Å². The van der Waals surface area contributed by atoms with Crippen LogP contribution in [-0.4, -0.2) is 159 Å². The number of unbranched alkanes of at least 4 members (excludes halogenated alkanes) is 15. The lowest BCUT2D eigenvalue weighted by Crippen LogP contribution is -2.41. The zero-order chi connectivity index (χ0) is 52.9. The number of amides is 5. The van der Waals surface area contributed by atoms with Crippen molar-refractivity contribution in [3.63, 3.8) is 0 Å². The number of nitrogens with one attached hydrogen (secondary N) is 6. The summed E-state index contributed by atoms with van der Waals surface area (Å²) in [6, 6.07) is -2.00. The molecule has 3 atom stereocenters. The maximum atomic E-state index is 12.7. The number of Topliss-reactive ketones (excluding diaryl/α,β-unsaturated/α-hetero) is 1. The highest BCUT2D eigenvalue weighted by atomic mass is 16.5. The van der Waals surface area contributed by atoms with Gasteiger partial charge in [-0.2, -0.15) is 0 Å². The number of carboxylic acid groups (broad SMARTS) is 2.